The van der Waals surface area contributed by atoms with Gasteiger partial charge in [-0.2, -0.15) is 0 Å². The van der Waals surface area contributed by atoms with Gasteiger partial charge in [-0.3, -0.25) is 9.59 Å². The highest BCUT2D eigenvalue weighted by Crippen LogP contribution is 2.20. The molecule has 0 atom stereocenters. The maximum atomic E-state index is 12.2. The molecular formula is C18H19N5O2S. The molecule has 1 heterocycles. The maximum absolute atomic E-state index is 12.2. The molecule has 0 aliphatic heterocycles. The lowest BCUT2D eigenvalue weighted by molar-refractivity contribution is -0.118. The number of primary amides is 1. The average molecular weight is 369 g/mol. The average Bonchev–Trinajstić information content (AvgIpc) is 2.98. The van der Waals surface area contributed by atoms with Gasteiger partial charge in [0.25, 0.3) is 0 Å². The van der Waals surface area contributed by atoms with Crippen molar-refractivity contribution in [1.29, 1.82) is 0 Å². The molecule has 3 aromatic rings. The van der Waals surface area contributed by atoms with Crippen molar-refractivity contribution < 1.29 is 9.59 Å². The SMILES string of the molecule is Cn1c(CCC(N)=O)nnc1SCC(=O)Nc1ccc2ccccc2c1. The molecule has 0 bridgehead atoms. The summed E-state index contributed by atoms with van der Waals surface area (Å²) in [7, 11) is 1.81. The van der Waals surface area contributed by atoms with Crippen LogP contribution in [0.5, 0.6) is 0 Å². The van der Waals surface area contributed by atoms with Gasteiger partial charge in [0.1, 0.15) is 5.82 Å². The second-order valence-electron chi connectivity index (χ2n) is 5.82. The molecule has 3 N–H and O–H groups in total. The van der Waals surface area contributed by atoms with Crippen molar-refractivity contribution >= 4 is 40.0 Å². The Morgan fingerprint density at radius 2 is 1.92 bits per heavy atom. The van der Waals surface area contributed by atoms with Gasteiger partial charge < -0.3 is 15.6 Å². The number of nitrogens with two attached hydrogens (primary N) is 1. The fraction of sp³-hybridized carbons (Fsp3) is 0.222. The Morgan fingerprint density at radius 3 is 2.69 bits per heavy atom. The Bertz CT molecular complexity index is 954. The zero-order valence-corrected chi connectivity index (χ0v) is 15.1. The van der Waals surface area contributed by atoms with Crippen LogP contribution in [0.4, 0.5) is 5.69 Å². The monoisotopic (exact) mass is 369 g/mol. The summed E-state index contributed by atoms with van der Waals surface area (Å²) in [6.07, 6.45) is 0.655. The molecule has 7 nitrogen and oxygen atoms in total. The predicted octanol–water partition coefficient (Wildman–Crippen LogP) is 2.12. The second-order valence-corrected chi connectivity index (χ2v) is 6.77. The van der Waals surface area contributed by atoms with Gasteiger partial charge in [-0.25, -0.2) is 0 Å². The van der Waals surface area contributed by atoms with Crippen LogP contribution in [-0.4, -0.2) is 32.3 Å². The van der Waals surface area contributed by atoms with Crippen LogP contribution in [0.3, 0.4) is 0 Å². The molecule has 0 fully saturated rings. The molecule has 1 aromatic heterocycles. The summed E-state index contributed by atoms with van der Waals surface area (Å²) in [6, 6.07) is 13.8. The summed E-state index contributed by atoms with van der Waals surface area (Å²) in [4.78, 5) is 23.1. The fourth-order valence-electron chi connectivity index (χ4n) is 2.52. The molecule has 0 saturated carbocycles. The quantitative estimate of drug-likeness (QED) is 0.621. The van der Waals surface area contributed by atoms with E-state index in [1.807, 2.05) is 42.5 Å². The standard InChI is InChI=1S/C18H19N5O2S/c1-23-16(9-8-15(19)24)21-22-18(23)26-11-17(25)20-14-7-6-12-4-2-3-5-13(12)10-14/h2-7,10H,8-9,11H2,1H3,(H2,19,24)(H,20,25). The number of hydrogen-bond acceptors (Lipinski definition) is 5. The molecule has 134 valence electrons. The van der Waals surface area contributed by atoms with Crippen LogP contribution in [0, 0.1) is 0 Å². The van der Waals surface area contributed by atoms with Crippen molar-refractivity contribution in [1.82, 2.24) is 14.8 Å². The van der Waals surface area contributed by atoms with Crippen molar-refractivity contribution in [2.45, 2.75) is 18.0 Å². The van der Waals surface area contributed by atoms with Gasteiger partial charge in [-0.15, -0.1) is 10.2 Å². The zero-order valence-electron chi connectivity index (χ0n) is 14.3. The van der Waals surface area contributed by atoms with Gasteiger partial charge in [-0.05, 0) is 22.9 Å². The van der Waals surface area contributed by atoms with E-state index in [4.69, 9.17) is 5.73 Å². The number of anilines is 1. The van der Waals surface area contributed by atoms with E-state index in [-0.39, 0.29) is 24.0 Å². The first kappa shape index (κ1) is 17.9. The number of rotatable bonds is 7. The fourth-order valence-corrected chi connectivity index (χ4v) is 3.25. The highest BCUT2D eigenvalue weighted by atomic mass is 32.2. The Hall–Kier alpha value is -2.87. The van der Waals surface area contributed by atoms with Crippen molar-refractivity contribution in [3.63, 3.8) is 0 Å². The number of carbonyl (C=O) groups is 2. The Kier molecular flexibility index (Phi) is 5.52. The van der Waals surface area contributed by atoms with Crippen LogP contribution in [0.2, 0.25) is 0 Å². The Balaban J connectivity index is 1.57. The van der Waals surface area contributed by atoms with Crippen molar-refractivity contribution in [2.24, 2.45) is 12.8 Å². The lowest BCUT2D eigenvalue weighted by Crippen LogP contribution is -2.14. The number of thioether (sulfide) groups is 1. The van der Waals surface area contributed by atoms with Crippen LogP contribution >= 0.6 is 11.8 Å². The van der Waals surface area contributed by atoms with Gasteiger partial charge in [0, 0.05) is 25.6 Å². The van der Waals surface area contributed by atoms with Crippen molar-refractivity contribution in [3.8, 4) is 0 Å². The zero-order chi connectivity index (χ0) is 18.5. The van der Waals surface area contributed by atoms with E-state index in [2.05, 4.69) is 15.5 Å². The molecule has 0 saturated heterocycles. The predicted molar refractivity (Wildman–Crippen MR) is 102 cm³/mol. The summed E-state index contributed by atoms with van der Waals surface area (Å²) >= 11 is 1.29. The number of fused-ring (bicyclic) bond motifs is 1. The topological polar surface area (TPSA) is 103 Å². The summed E-state index contributed by atoms with van der Waals surface area (Å²) in [5, 5.41) is 13.8. The summed E-state index contributed by atoms with van der Waals surface area (Å²) in [6.45, 7) is 0. The first-order chi connectivity index (χ1) is 12.5. The second kappa shape index (κ2) is 8.01. The van der Waals surface area contributed by atoms with Crippen molar-refractivity contribution in [2.75, 3.05) is 11.1 Å². The number of amides is 2. The third kappa shape index (κ3) is 4.40. The highest BCUT2D eigenvalue weighted by molar-refractivity contribution is 7.99. The van der Waals surface area contributed by atoms with Crippen LogP contribution in [-0.2, 0) is 23.1 Å². The van der Waals surface area contributed by atoms with Crippen LogP contribution in [0.1, 0.15) is 12.2 Å². The summed E-state index contributed by atoms with van der Waals surface area (Å²) in [5.41, 5.74) is 5.91. The molecule has 0 radical (unpaired) electrons. The molecule has 2 aromatic carbocycles. The molecule has 3 rings (SSSR count). The molecule has 0 aliphatic carbocycles. The molecular weight excluding hydrogens is 350 g/mol. The number of carbonyl (C=O) groups excluding carboxylic acids is 2. The van der Waals surface area contributed by atoms with Gasteiger partial charge >= 0.3 is 0 Å². The number of aryl methyl sites for hydroxylation is 1. The number of nitrogens with zero attached hydrogens (tertiary/aromatic N) is 3. The smallest absolute Gasteiger partial charge is 0.234 e. The van der Waals surface area contributed by atoms with Crippen LogP contribution < -0.4 is 11.1 Å². The highest BCUT2D eigenvalue weighted by Gasteiger charge is 2.12. The lowest BCUT2D eigenvalue weighted by Gasteiger charge is -2.07. The van der Waals surface area contributed by atoms with Gasteiger partial charge in [0.05, 0.1) is 5.75 Å². The summed E-state index contributed by atoms with van der Waals surface area (Å²) < 4.78 is 1.77. The van der Waals surface area contributed by atoms with Crippen molar-refractivity contribution in [3.05, 3.63) is 48.3 Å². The molecule has 0 aliphatic rings. The third-order valence-electron chi connectivity index (χ3n) is 3.89. The molecule has 0 spiro atoms. The van der Waals surface area contributed by atoms with Gasteiger partial charge in [-0.1, -0.05) is 42.1 Å². The number of aromatic nitrogens is 3. The first-order valence-corrected chi connectivity index (χ1v) is 9.09. The van der Waals surface area contributed by atoms with E-state index >= 15 is 0 Å². The minimum absolute atomic E-state index is 0.119. The number of hydrogen-bond donors (Lipinski definition) is 2. The minimum atomic E-state index is -0.378. The molecule has 26 heavy (non-hydrogen) atoms. The normalized spacial score (nSPS) is 10.8. The summed E-state index contributed by atoms with van der Waals surface area (Å²) in [5.74, 6) is 0.388. The van der Waals surface area contributed by atoms with E-state index < -0.39 is 0 Å². The van der Waals surface area contributed by atoms with E-state index in [1.54, 1.807) is 11.6 Å². The molecule has 2 amide bonds. The minimum Gasteiger partial charge on any atom is -0.370 e. The molecule has 0 unspecified atom stereocenters. The lowest BCUT2D eigenvalue weighted by atomic mass is 10.1. The van der Waals surface area contributed by atoms with Crippen LogP contribution in [0.15, 0.2) is 47.6 Å². The number of benzene rings is 2. The van der Waals surface area contributed by atoms with Gasteiger partial charge in [0.2, 0.25) is 11.8 Å². The van der Waals surface area contributed by atoms with E-state index in [1.165, 1.54) is 11.8 Å². The molecule has 8 heteroatoms. The van der Waals surface area contributed by atoms with E-state index in [0.717, 1.165) is 16.5 Å². The van der Waals surface area contributed by atoms with E-state index in [0.29, 0.717) is 17.4 Å². The largest absolute Gasteiger partial charge is 0.370 e. The number of nitrogens with one attached hydrogen (secondary N) is 1. The van der Waals surface area contributed by atoms with E-state index in [9.17, 15) is 9.59 Å². The van der Waals surface area contributed by atoms with Gasteiger partial charge in [0.15, 0.2) is 5.16 Å². The Labute approximate surface area is 155 Å². The van der Waals surface area contributed by atoms with Crippen LogP contribution in [0.25, 0.3) is 10.8 Å². The first-order valence-electron chi connectivity index (χ1n) is 8.11. The Morgan fingerprint density at radius 1 is 1.15 bits per heavy atom. The maximum Gasteiger partial charge on any atom is 0.234 e. The third-order valence-corrected chi connectivity index (χ3v) is 4.91.